The van der Waals surface area contributed by atoms with Crippen molar-refractivity contribution in [3.8, 4) is 11.1 Å². The van der Waals surface area contributed by atoms with Crippen LogP contribution in [0.1, 0.15) is 68.6 Å². The summed E-state index contributed by atoms with van der Waals surface area (Å²) >= 11 is 0. The quantitative estimate of drug-likeness (QED) is 0.514. The minimum atomic E-state index is 0. The predicted molar refractivity (Wildman–Crippen MR) is 104 cm³/mol. The van der Waals surface area contributed by atoms with Crippen LogP contribution in [0.5, 0.6) is 0 Å². The van der Waals surface area contributed by atoms with Gasteiger partial charge in [-0.2, -0.15) is 0 Å². The van der Waals surface area contributed by atoms with Gasteiger partial charge in [-0.15, -0.1) is 0 Å². The fourth-order valence-corrected chi connectivity index (χ4v) is 4.39. The van der Waals surface area contributed by atoms with Gasteiger partial charge >= 0.3 is 0 Å². The van der Waals surface area contributed by atoms with Gasteiger partial charge in [-0.25, -0.2) is 0 Å². The molecule has 0 saturated heterocycles. The molecule has 0 radical (unpaired) electrons. The summed E-state index contributed by atoms with van der Waals surface area (Å²) in [7, 11) is 0. The molecule has 0 heterocycles. The Morgan fingerprint density at radius 2 is 1.60 bits per heavy atom. The van der Waals surface area contributed by atoms with Gasteiger partial charge in [0.1, 0.15) is 0 Å². The van der Waals surface area contributed by atoms with Crippen molar-refractivity contribution in [2.75, 3.05) is 0 Å². The van der Waals surface area contributed by atoms with Crippen molar-refractivity contribution in [3.63, 3.8) is 0 Å². The van der Waals surface area contributed by atoms with Gasteiger partial charge in [-0.3, -0.25) is 0 Å². The summed E-state index contributed by atoms with van der Waals surface area (Å²) in [5.41, 5.74) is 8.82. The average molecular weight is 408 g/mol. The van der Waals surface area contributed by atoms with Gasteiger partial charge in [0.15, 0.2) is 0 Å². The van der Waals surface area contributed by atoms with Crippen molar-refractivity contribution in [2.45, 2.75) is 58.3 Å². The average Bonchev–Trinajstić information content (AvgIpc) is 3.07. The first-order valence-electron chi connectivity index (χ1n) is 9.65. The fraction of sp³-hybridized carbons (Fsp3) is 0.417. The maximum Gasteiger partial charge on any atom is 0 e. The first-order valence-corrected chi connectivity index (χ1v) is 9.65. The van der Waals surface area contributed by atoms with Crippen molar-refractivity contribution in [1.29, 1.82) is 0 Å². The van der Waals surface area contributed by atoms with Crippen LogP contribution in [-0.2, 0) is 32.6 Å². The zero-order valence-electron chi connectivity index (χ0n) is 15.5. The van der Waals surface area contributed by atoms with E-state index in [-0.39, 0.29) is 26.2 Å². The molecule has 2 aliphatic carbocycles. The van der Waals surface area contributed by atoms with Crippen LogP contribution in [0.3, 0.4) is 0 Å². The second-order valence-electron chi connectivity index (χ2n) is 7.89. The Bertz CT molecular complexity index is 746. The summed E-state index contributed by atoms with van der Waals surface area (Å²) < 4.78 is 0. The van der Waals surface area contributed by atoms with Gasteiger partial charge in [0.2, 0.25) is 0 Å². The molecule has 1 heteroatoms. The van der Waals surface area contributed by atoms with E-state index in [0.717, 1.165) is 12.3 Å². The van der Waals surface area contributed by atoms with Crippen LogP contribution in [0.25, 0.3) is 17.2 Å². The standard InChI is InChI=1S/C24H28.Zr/c1-17(2)22-15-21-9-6-10-23(24(21)16-22)20-13-11-19(12-14-20)18-7-4-3-5-8-18;/h6,9-14,16-18H,3-5,7-8,15H2,1-2H3;. The maximum absolute atomic E-state index is 2.43. The molecule has 2 aromatic carbocycles. The molecule has 0 amide bonds. The number of hydrogen-bond acceptors (Lipinski definition) is 0. The molecule has 0 aliphatic heterocycles. The topological polar surface area (TPSA) is 0 Å². The Kier molecular flexibility index (Phi) is 6.16. The van der Waals surface area contributed by atoms with E-state index in [2.05, 4.69) is 62.4 Å². The first-order chi connectivity index (χ1) is 11.7. The predicted octanol–water partition coefficient (Wildman–Crippen LogP) is 6.99. The van der Waals surface area contributed by atoms with Crippen LogP contribution in [0, 0.1) is 5.92 Å². The molecule has 25 heavy (non-hydrogen) atoms. The number of allylic oxidation sites excluding steroid dienone is 1. The minimum Gasteiger partial charge on any atom is -0.0626 e. The van der Waals surface area contributed by atoms with E-state index in [1.807, 2.05) is 0 Å². The molecule has 0 N–H and O–H groups in total. The molecule has 4 rings (SSSR count). The van der Waals surface area contributed by atoms with E-state index in [9.17, 15) is 0 Å². The molecule has 0 atom stereocenters. The molecule has 1 saturated carbocycles. The van der Waals surface area contributed by atoms with E-state index in [1.165, 1.54) is 54.4 Å². The largest absolute Gasteiger partial charge is 0.0626 e. The van der Waals surface area contributed by atoms with E-state index >= 15 is 0 Å². The SMILES string of the molecule is CC(C)C1=Cc2c(cccc2-c2ccc(C3CCCCC3)cc2)C1.[Zr]. The van der Waals surface area contributed by atoms with Crippen LogP contribution in [0.15, 0.2) is 48.0 Å². The second-order valence-corrected chi connectivity index (χ2v) is 7.89. The van der Waals surface area contributed by atoms with Gasteiger partial charge in [-0.1, -0.05) is 87.2 Å². The molecule has 128 valence electrons. The number of benzene rings is 2. The maximum atomic E-state index is 2.43. The van der Waals surface area contributed by atoms with Gasteiger partial charge in [0.05, 0.1) is 0 Å². The molecule has 0 bridgehead atoms. The molecular weight excluding hydrogens is 379 g/mol. The van der Waals surface area contributed by atoms with Crippen LogP contribution in [0.2, 0.25) is 0 Å². The molecule has 0 spiro atoms. The third-order valence-electron chi connectivity index (χ3n) is 5.96. The van der Waals surface area contributed by atoms with Gasteiger partial charge in [-0.05, 0) is 58.9 Å². The number of fused-ring (bicyclic) bond motifs is 1. The zero-order valence-corrected chi connectivity index (χ0v) is 18.0. The van der Waals surface area contributed by atoms with E-state index in [1.54, 1.807) is 11.1 Å². The zero-order chi connectivity index (χ0) is 16.5. The normalized spacial score (nSPS) is 17.2. The smallest absolute Gasteiger partial charge is 0 e. The third kappa shape index (κ3) is 3.92. The van der Waals surface area contributed by atoms with Crippen LogP contribution >= 0.6 is 0 Å². The molecule has 0 unspecified atom stereocenters. The number of rotatable bonds is 3. The monoisotopic (exact) mass is 406 g/mol. The number of hydrogen-bond donors (Lipinski definition) is 0. The van der Waals surface area contributed by atoms with Crippen molar-refractivity contribution in [3.05, 3.63) is 64.7 Å². The molecule has 2 aliphatic rings. The molecular formula is C24H28Zr. The Morgan fingerprint density at radius 3 is 2.28 bits per heavy atom. The van der Waals surface area contributed by atoms with Gasteiger partial charge in [0, 0.05) is 26.2 Å². The van der Waals surface area contributed by atoms with Crippen molar-refractivity contribution in [2.24, 2.45) is 5.92 Å². The Labute approximate surface area is 171 Å². The van der Waals surface area contributed by atoms with Crippen LogP contribution in [0.4, 0.5) is 0 Å². The van der Waals surface area contributed by atoms with E-state index in [0.29, 0.717) is 5.92 Å². The molecule has 2 aromatic rings. The third-order valence-corrected chi connectivity index (χ3v) is 5.96. The van der Waals surface area contributed by atoms with E-state index in [4.69, 9.17) is 0 Å². The summed E-state index contributed by atoms with van der Waals surface area (Å²) in [5.74, 6) is 1.43. The summed E-state index contributed by atoms with van der Waals surface area (Å²) in [6, 6.07) is 16.3. The summed E-state index contributed by atoms with van der Waals surface area (Å²) in [5, 5.41) is 0. The molecule has 0 aromatic heterocycles. The van der Waals surface area contributed by atoms with Crippen LogP contribution < -0.4 is 0 Å². The Hall–Kier alpha value is -0.937. The molecule has 0 nitrogen and oxygen atoms in total. The van der Waals surface area contributed by atoms with Crippen molar-refractivity contribution in [1.82, 2.24) is 0 Å². The minimum absolute atomic E-state index is 0. The van der Waals surface area contributed by atoms with Gasteiger partial charge in [0.25, 0.3) is 0 Å². The van der Waals surface area contributed by atoms with Gasteiger partial charge < -0.3 is 0 Å². The van der Waals surface area contributed by atoms with Crippen molar-refractivity contribution < 1.29 is 26.2 Å². The second kappa shape index (κ2) is 8.17. The summed E-state index contributed by atoms with van der Waals surface area (Å²) in [6.45, 7) is 4.60. The fourth-order valence-electron chi connectivity index (χ4n) is 4.39. The Morgan fingerprint density at radius 1 is 0.880 bits per heavy atom. The van der Waals surface area contributed by atoms with Crippen molar-refractivity contribution >= 4 is 6.08 Å². The van der Waals surface area contributed by atoms with Crippen LogP contribution in [-0.4, -0.2) is 0 Å². The summed E-state index contributed by atoms with van der Waals surface area (Å²) in [6.07, 6.45) is 10.5. The Balaban J connectivity index is 0.00000182. The summed E-state index contributed by atoms with van der Waals surface area (Å²) in [4.78, 5) is 0. The first kappa shape index (κ1) is 18.8. The van der Waals surface area contributed by atoms with E-state index < -0.39 is 0 Å². The molecule has 1 fully saturated rings.